The van der Waals surface area contributed by atoms with E-state index in [1.165, 1.54) is 193 Å². The van der Waals surface area contributed by atoms with Gasteiger partial charge in [-0.25, -0.2) is 0 Å². The number of hydrogen-bond donors (Lipinski definition) is 3. The SMILES string of the molecule is CCCCCC/C=C\C/C=C\CCCCCCCC(=O)OCCCCCC/C=C\CCCCCCCCCC(=O)NC(CO)C(O)/C=C/CCCCCCCCCCCCCCCCCCC. The number of rotatable bonds is 54. The van der Waals surface area contributed by atoms with Gasteiger partial charge in [0, 0.05) is 12.8 Å². The van der Waals surface area contributed by atoms with E-state index in [0.29, 0.717) is 19.4 Å². The van der Waals surface area contributed by atoms with E-state index < -0.39 is 12.1 Å². The third-order valence-corrected chi connectivity index (χ3v) is 13.3. The molecule has 2 atom stereocenters. The molecule has 0 heterocycles. The van der Waals surface area contributed by atoms with Crippen LogP contribution < -0.4 is 5.32 Å². The summed E-state index contributed by atoms with van der Waals surface area (Å²) in [6.07, 6.45) is 71.3. The molecule has 0 rings (SSSR count). The Labute approximate surface area is 416 Å². The standard InChI is InChI=1S/C61H113NO5/c1-3-5-7-9-11-13-15-17-19-21-22-23-25-29-33-37-41-45-49-53-59(64)58(57-63)62-60(65)54-50-46-42-38-34-30-26-24-28-32-36-40-44-48-52-56-67-61(66)55-51-47-43-39-35-31-27-20-18-16-14-12-10-8-6-4-2/h14,16,20,27-28,32,49,53,58-59,63-64H,3-13,15,17-19,21-26,29-31,33-48,50-52,54-57H2,1-2H3,(H,62,65)/b16-14-,27-20-,32-28-,53-49+. The maximum absolute atomic E-state index is 12.5. The van der Waals surface area contributed by atoms with E-state index in [0.717, 1.165) is 83.5 Å². The van der Waals surface area contributed by atoms with Crippen LogP contribution >= 0.6 is 0 Å². The minimum absolute atomic E-state index is 0.0249. The largest absolute Gasteiger partial charge is 0.466 e. The molecule has 0 aromatic heterocycles. The van der Waals surface area contributed by atoms with Crippen LogP contribution in [0, 0.1) is 0 Å². The van der Waals surface area contributed by atoms with Crippen molar-refractivity contribution in [2.75, 3.05) is 13.2 Å². The zero-order valence-electron chi connectivity index (χ0n) is 44.6. The van der Waals surface area contributed by atoms with Crippen molar-refractivity contribution in [3.63, 3.8) is 0 Å². The molecule has 3 N–H and O–H groups in total. The second-order valence-corrected chi connectivity index (χ2v) is 20.0. The summed E-state index contributed by atoms with van der Waals surface area (Å²) in [6, 6.07) is -0.641. The summed E-state index contributed by atoms with van der Waals surface area (Å²) in [5, 5.41) is 23.1. The fourth-order valence-electron chi connectivity index (χ4n) is 8.78. The lowest BCUT2D eigenvalue weighted by atomic mass is 10.0. The first-order chi connectivity index (χ1) is 33.0. The van der Waals surface area contributed by atoms with Crippen molar-refractivity contribution in [3.05, 3.63) is 48.6 Å². The van der Waals surface area contributed by atoms with Gasteiger partial charge in [-0.05, 0) is 89.9 Å². The molecule has 0 aliphatic heterocycles. The molecule has 0 fully saturated rings. The lowest BCUT2D eigenvalue weighted by Gasteiger charge is -2.20. The zero-order chi connectivity index (χ0) is 48.6. The number of aliphatic hydroxyl groups is 2. The Hall–Kier alpha value is -2.18. The average molecular weight is 941 g/mol. The normalized spacial score (nSPS) is 13.0. The molecule has 0 aromatic rings. The number of aliphatic hydroxyl groups excluding tert-OH is 2. The van der Waals surface area contributed by atoms with Gasteiger partial charge in [0.2, 0.25) is 5.91 Å². The summed E-state index contributed by atoms with van der Waals surface area (Å²) in [6.45, 7) is 4.85. The molecule has 0 bridgehead atoms. The molecule has 6 heteroatoms. The van der Waals surface area contributed by atoms with Crippen molar-refractivity contribution >= 4 is 11.9 Å². The minimum atomic E-state index is -0.856. The van der Waals surface area contributed by atoms with E-state index in [1.54, 1.807) is 6.08 Å². The average Bonchev–Trinajstić information content (AvgIpc) is 3.33. The van der Waals surface area contributed by atoms with Crippen molar-refractivity contribution in [2.24, 2.45) is 0 Å². The number of amides is 1. The monoisotopic (exact) mass is 940 g/mol. The van der Waals surface area contributed by atoms with Crippen molar-refractivity contribution in [3.8, 4) is 0 Å². The van der Waals surface area contributed by atoms with Gasteiger partial charge in [0.05, 0.1) is 25.4 Å². The highest BCUT2D eigenvalue weighted by atomic mass is 16.5. The Morgan fingerprint density at radius 3 is 1.16 bits per heavy atom. The molecule has 0 saturated carbocycles. The Bertz CT molecular complexity index is 1130. The number of nitrogens with one attached hydrogen (secondary N) is 1. The molecule has 0 aliphatic rings. The van der Waals surface area contributed by atoms with Crippen molar-refractivity contribution in [2.45, 2.75) is 315 Å². The van der Waals surface area contributed by atoms with Crippen molar-refractivity contribution < 1.29 is 24.5 Å². The fraction of sp³-hybridized carbons (Fsp3) is 0.836. The lowest BCUT2D eigenvalue weighted by molar-refractivity contribution is -0.143. The number of ether oxygens (including phenoxy) is 1. The van der Waals surface area contributed by atoms with Gasteiger partial charge in [-0.2, -0.15) is 0 Å². The fourth-order valence-corrected chi connectivity index (χ4v) is 8.78. The summed E-state index contributed by atoms with van der Waals surface area (Å²) < 4.78 is 5.46. The van der Waals surface area contributed by atoms with Gasteiger partial charge in [-0.1, -0.05) is 249 Å². The maximum Gasteiger partial charge on any atom is 0.305 e. The molecule has 0 aromatic carbocycles. The number of esters is 1. The van der Waals surface area contributed by atoms with Gasteiger partial charge in [-0.3, -0.25) is 9.59 Å². The van der Waals surface area contributed by atoms with E-state index in [4.69, 9.17) is 4.74 Å². The summed E-state index contributed by atoms with van der Waals surface area (Å²) >= 11 is 0. The van der Waals surface area contributed by atoms with E-state index in [2.05, 4.69) is 55.6 Å². The molecule has 6 nitrogen and oxygen atoms in total. The first kappa shape index (κ1) is 64.8. The van der Waals surface area contributed by atoms with Crippen LogP contribution in [0.15, 0.2) is 48.6 Å². The summed E-state index contributed by atoms with van der Waals surface area (Å²) in [5.41, 5.74) is 0. The topological polar surface area (TPSA) is 95.9 Å². The van der Waals surface area contributed by atoms with Crippen molar-refractivity contribution in [1.82, 2.24) is 5.32 Å². The van der Waals surface area contributed by atoms with Gasteiger partial charge < -0.3 is 20.3 Å². The summed E-state index contributed by atoms with van der Waals surface area (Å²) in [4.78, 5) is 24.5. The van der Waals surface area contributed by atoms with Crippen LogP contribution in [-0.2, 0) is 14.3 Å². The zero-order valence-corrected chi connectivity index (χ0v) is 44.6. The Balaban J connectivity index is 3.52. The van der Waals surface area contributed by atoms with Gasteiger partial charge in [0.25, 0.3) is 0 Å². The van der Waals surface area contributed by atoms with Crippen LogP contribution in [0.3, 0.4) is 0 Å². The summed E-state index contributed by atoms with van der Waals surface area (Å²) in [5.74, 6) is -0.108. The Morgan fingerprint density at radius 1 is 0.418 bits per heavy atom. The van der Waals surface area contributed by atoms with E-state index in [1.807, 2.05) is 6.08 Å². The third kappa shape index (κ3) is 53.0. The minimum Gasteiger partial charge on any atom is -0.466 e. The summed E-state index contributed by atoms with van der Waals surface area (Å²) in [7, 11) is 0. The molecule has 0 saturated heterocycles. The van der Waals surface area contributed by atoms with Crippen molar-refractivity contribution in [1.29, 1.82) is 0 Å². The van der Waals surface area contributed by atoms with Crippen LogP contribution in [0.2, 0.25) is 0 Å². The number of hydrogen-bond acceptors (Lipinski definition) is 5. The highest BCUT2D eigenvalue weighted by Gasteiger charge is 2.18. The second kappa shape index (κ2) is 56.4. The second-order valence-electron chi connectivity index (χ2n) is 20.0. The lowest BCUT2D eigenvalue weighted by Crippen LogP contribution is -2.45. The first-order valence-electron chi connectivity index (χ1n) is 29.4. The number of carbonyl (C=O) groups excluding carboxylic acids is 2. The van der Waals surface area contributed by atoms with Crippen LogP contribution in [0.5, 0.6) is 0 Å². The number of unbranched alkanes of at least 4 members (excludes halogenated alkanes) is 37. The van der Waals surface area contributed by atoms with Gasteiger partial charge in [0.1, 0.15) is 0 Å². The smallest absolute Gasteiger partial charge is 0.305 e. The molecular formula is C61H113NO5. The molecular weight excluding hydrogens is 827 g/mol. The third-order valence-electron chi connectivity index (χ3n) is 13.3. The van der Waals surface area contributed by atoms with Crippen LogP contribution in [0.4, 0.5) is 0 Å². The Kier molecular flexibility index (Phi) is 54.6. The number of carbonyl (C=O) groups is 2. The van der Waals surface area contributed by atoms with Crippen LogP contribution in [0.1, 0.15) is 303 Å². The van der Waals surface area contributed by atoms with Gasteiger partial charge >= 0.3 is 5.97 Å². The molecule has 392 valence electrons. The molecule has 1 amide bonds. The van der Waals surface area contributed by atoms with E-state index in [-0.39, 0.29) is 18.5 Å². The molecule has 0 aliphatic carbocycles. The maximum atomic E-state index is 12.5. The van der Waals surface area contributed by atoms with Crippen LogP contribution in [-0.4, -0.2) is 47.4 Å². The molecule has 0 spiro atoms. The van der Waals surface area contributed by atoms with E-state index >= 15 is 0 Å². The molecule has 67 heavy (non-hydrogen) atoms. The predicted molar refractivity (Wildman–Crippen MR) is 292 cm³/mol. The predicted octanol–water partition coefficient (Wildman–Crippen LogP) is 18.2. The highest BCUT2D eigenvalue weighted by Crippen LogP contribution is 2.16. The Morgan fingerprint density at radius 2 is 0.746 bits per heavy atom. The quantitative estimate of drug-likeness (QED) is 0.0321. The molecule has 0 radical (unpaired) electrons. The van der Waals surface area contributed by atoms with E-state index in [9.17, 15) is 19.8 Å². The van der Waals surface area contributed by atoms with Gasteiger partial charge in [-0.15, -0.1) is 0 Å². The number of allylic oxidation sites excluding steroid dienone is 7. The highest BCUT2D eigenvalue weighted by molar-refractivity contribution is 5.76. The van der Waals surface area contributed by atoms with Gasteiger partial charge in [0.15, 0.2) is 0 Å². The molecule has 2 unspecified atom stereocenters. The van der Waals surface area contributed by atoms with Crippen LogP contribution in [0.25, 0.3) is 0 Å². The first-order valence-corrected chi connectivity index (χ1v) is 29.4.